The molecular formula is C12H15BrN2O5. The lowest BCUT2D eigenvalue weighted by atomic mass is 10.3. The van der Waals surface area contributed by atoms with Gasteiger partial charge < -0.3 is 18.9 Å². The average Bonchev–Trinajstić information content (AvgIpc) is 2.75. The molecule has 20 heavy (non-hydrogen) atoms. The number of hydrogen-bond donors (Lipinski definition) is 0. The van der Waals surface area contributed by atoms with Crippen molar-refractivity contribution in [3.05, 3.63) is 22.4 Å². The summed E-state index contributed by atoms with van der Waals surface area (Å²) in [7, 11) is 4.11. The standard InChI is InChI=1S/C12H15BrN2O5/c1-14-5-8(13)4-9(14)12(18)15(6-10(16)19-2)7-11(17)20-3/h4-5H,6-7H2,1-3H3. The van der Waals surface area contributed by atoms with Gasteiger partial charge in [-0.25, -0.2) is 0 Å². The predicted octanol–water partition coefficient (Wildman–Crippen LogP) is 0.576. The molecule has 0 spiro atoms. The van der Waals surface area contributed by atoms with Gasteiger partial charge in [0.1, 0.15) is 18.8 Å². The molecule has 0 unspecified atom stereocenters. The Hall–Kier alpha value is -1.83. The molecule has 0 saturated carbocycles. The molecule has 0 fully saturated rings. The topological polar surface area (TPSA) is 77.8 Å². The number of carbonyl (C=O) groups excluding carboxylic acids is 3. The van der Waals surface area contributed by atoms with E-state index < -0.39 is 17.8 Å². The third-order valence-electron chi connectivity index (χ3n) is 2.57. The second kappa shape index (κ2) is 7.09. The number of amides is 1. The van der Waals surface area contributed by atoms with Crippen molar-refractivity contribution in [2.24, 2.45) is 7.05 Å². The molecule has 1 amide bonds. The minimum atomic E-state index is -0.615. The summed E-state index contributed by atoms with van der Waals surface area (Å²) in [5.41, 5.74) is 0.338. The van der Waals surface area contributed by atoms with E-state index in [4.69, 9.17) is 0 Å². The Morgan fingerprint density at radius 3 is 2.05 bits per heavy atom. The van der Waals surface area contributed by atoms with Gasteiger partial charge in [0.25, 0.3) is 5.91 Å². The minimum absolute atomic E-state index is 0.326. The zero-order valence-corrected chi connectivity index (χ0v) is 13.0. The molecule has 0 radical (unpaired) electrons. The van der Waals surface area contributed by atoms with Crippen molar-refractivity contribution >= 4 is 33.8 Å². The number of halogens is 1. The molecule has 7 nitrogen and oxygen atoms in total. The van der Waals surface area contributed by atoms with Crippen molar-refractivity contribution in [2.45, 2.75) is 0 Å². The highest BCUT2D eigenvalue weighted by atomic mass is 79.9. The summed E-state index contributed by atoms with van der Waals surface area (Å²) >= 11 is 3.25. The Morgan fingerprint density at radius 1 is 1.20 bits per heavy atom. The second-order valence-electron chi connectivity index (χ2n) is 3.97. The lowest BCUT2D eigenvalue weighted by molar-refractivity contribution is -0.144. The number of carbonyl (C=O) groups is 3. The van der Waals surface area contributed by atoms with Crippen molar-refractivity contribution in [3.63, 3.8) is 0 Å². The van der Waals surface area contributed by atoms with Crippen molar-refractivity contribution < 1.29 is 23.9 Å². The summed E-state index contributed by atoms with van der Waals surface area (Å²) in [5, 5.41) is 0. The summed E-state index contributed by atoms with van der Waals surface area (Å²) in [6.07, 6.45) is 1.70. The fourth-order valence-electron chi connectivity index (χ4n) is 1.54. The van der Waals surface area contributed by atoms with Crippen LogP contribution in [0, 0.1) is 0 Å². The highest BCUT2D eigenvalue weighted by Crippen LogP contribution is 2.15. The van der Waals surface area contributed by atoms with Crippen LogP contribution in [0.4, 0.5) is 0 Å². The lowest BCUT2D eigenvalue weighted by Crippen LogP contribution is -2.40. The molecule has 0 aliphatic carbocycles. The van der Waals surface area contributed by atoms with E-state index >= 15 is 0 Å². The molecule has 1 aromatic heterocycles. The third-order valence-corrected chi connectivity index (χ3v) is 3.01. The maximum Gasteiger partial charge on any atom is 0.325 e. The monoisotopic (exact) mass is 346 g/mol. The maximum absolute atomic E-state index is 12.4. The Labute approximate surface area is 124 Å². The van der Waals surface area contributed by atoms with E-state index in [1.165, 1.54) is 14.2 Å². The molecule has 0 aromatic carbocycles. The van der Waals surface area contributed by atoms with Gasteiger partial charge in [0.15, 0.2) is 0 Å². The molecule has 0 saturated heterocycles. The fourth-order valence-corrected chi connectivity index (χ4v) is 2.06. The first-order valence-corrected chi connectivity index (χ1v) is 6.43. The van der Waals surface area contributed by atoms with E-state index in [0.29, 0.717) is 5.69 Å². The summed E-state index contributed by atoms with van der Waals surface area (Å²) in [4.78, 5) is 36.1. The molecular weight excluding hydrogens is 332 g/mol. The SMILES string of the molecule is COC(=O)CN(CC(=O)OC)C(=O)c1cc(Br)cn1C. The Bertz CT molecular complexity index is 508. The van der Waals surface area contributed by atoms with Crippen molar-refractivity contribution in [2.75, 3.05) is 27.3 Å². The van der Waals surface area contributed by atoms with Crippen LogP contribution in [0.15, 0.2) is 16.7 Å². The summed E-state index contributed by atoms with van der Waals surface area (Å²) in [6.45, 7) is -0.652. The molecule has 0 atom stereocenters. The van der Waals surface area contributed by atoms with E-state index in [0.717, 1.165) is 9.37 Å². The first kappa shape index (κ1) is 16.2. The van der Waals surface area contributed by atoms with Gasteiger partial charge in [-0.2, -0.15) is 0 Å². The van der Waals surface area contributed by atoms with E-state index in [1.54, 1.807) is 23.9 Å². The van der Waals surface area contributed by atoms with Gasteiger partial charge in [0.2, 0.25) is 0 Å². The normalized spacial score (nSPS) is 10.0. The van der Waals surface area contributed by atoms with Crippen LogP contribution < -0.4 is 0 Å². The molecule has 1 aromatic rings. The Kier molecular flexibility index (Phi) is 5.75. The molecule has 1 rings (SSSR count). The van der Waals surface area contributed by atoms with E-state index in [2.05, 4.69) is 25.4 Å². The summed E-state index contributed by atoms with van der Waals surface area (Å²) in [5.74, 6) is -1.69. The highest BCUT2D eigenvalue weighted by molar-refractivity contribution is 9.10. The number of methoxy groups -OCH3 is 2. The van der Waals surface area contributed by atoms with Crippen LogP contribution in [-0.2, 0) is 26.1 Å². The largest absolute Gasteiger partial charge is 0.468 e. The van der Waals surface area contributed by atoms with Crippen LogP contribution in [0.5, 0.6) is 0 Å². The zero-order chi connectivity index (χ0) is 15.3. The van der Waals surface area contributed by atoms with Gasteiger partial charge in [-0.3, -0.25) is 14.4 Å². The minimum Gasteiger partial charge on any atom is -0.468 e. The molecule has 0 aliphatic heterocycles. The van der Waals surface area contributed by atoms with Gasteiger partial charge in [-0.15, -0.1) is 0 Å². The van der Waals surface area contributed by atoms with Crippen LogP contribution in [0.2, 0.25) is 0 Å². The van der Waals surface area contributed by atoms with Crippen molar-refractivity contribution in [3.8, 4) is 0 Å². The number of rotatable bonds is 5. The fraction of sp³-hybridized carbons (Fsp3) is 0.417. The van der Waals surface area contributed by atoms with Crippen LogP contribution in [0.25, 0.3) is 0 Å². The predicted molar refractivity (Wildman–Crippen MR) is 73.0 cm³/mol. The Morgan fingerprint density at radius 2 is 1.70 bits per heavy atom. The first-order valence-electron chi connectivity index (χ1n) is 5.63. The second-order valence-corrected chi connectivity index (χ2v) is 4.88. The molecule has 8 heteroatoms. The van der Waals surface area contributed by atoms with Gasteiger partial charge >= 0.3 is 11.9 Å². The van der Waals surface area contributed by atoms with Crippen molar-refractivity contribution in [1.82, 2.24) is 9.47 Å². The van der Waals surface area contributed by atoms with Crippen LogP contribution >= 0.6 is 15.9 Å². The van der Waals surface area contributed by atoms with E-state index in [1.807, 2.05) is 0 Å². The highest BCUT2D eigenvalue weighted by Gasteiger charge is 2.24. The van der Waals surface area contributed by atoms with Gasteiger partial charge in [0, 0.05) is 17.7 Å². The number of nitrogens with zero attached hydrogens (tertiary/aromatic N) is 2. The van der Waals surface area contributed by atoms with Gasteiger partial charge in [-0.05, 0) is 22.0 Å². The number of ether oxygens (including phenoxy) is 2. The number of aryl methyl sites for hydroxylation is 1. The van der Waals surface area contributed by atoms with E-state index in [9.17, 15) is 14.4 Å². The number of esters is 2. The van der Waals surface area contributed by atoms with Crippen molar-refractivity contribution in [1.29, 1.82) is 0 Å². The molecule has 1 heterocycles. The quantitative estimate of drug-likeness (QED) is 0.728. The summed E-state index contributed by atoms with van der Waals surface area (Å²) < 4.78 is 11.3. The van der Waals surface area contributed by atoms with Crippen LogP contribution in [0.1, 0.15) is 10.5 Å². The Balaban J connectivity index is 2.96. The first-order chi connectivity index (χ1) is 9.38. The zero-order valence-electron chi connectivity index (χ0n) is 11.4. The number of aromatic nitrogens is 1. The van der Waals surface area contributed by atoms with Crippen LogP contribution in [-0.4, -0.2) is 54.6 Å². The number of hydrogen-bond acceptors (Lipinski definition) is 5. The molecule has 110 valence electrons. The molecule has 0 aliphatic rings. The summed E-state index contributed by atoms with van der Waals surface area (Å²) in [6, 6.07) is 1.60. The van der Waals surface area contributed by atoms with Gasteiger partial charge in [0.05, 0.1) is 14.2 Å². The average molecular weight is 347 g/mol. The molecule has 0 N–H and O–H groups in total. The van der Waals surface area contributed by atoms with E-state index in [-0.39, 0.29) is 13.1 Å². The van der Waals surface area contributed by atoms with Crippen LogP contribution in [0.3, 0.4) is 0 Å². The lowest BCUT2D eigenvalue weighted by Gasteiger charge is -2.20. The third kappa shape index (κ3) is 4.09. The molecule has 0 bridgehead atoms. The maximum atomic E-state index is 12.4. The van der Waals surface area contributed by atoms with Gasteiger partial charge in [-0.1, -0.05) is 0 Å². The smallest absolute Gasteiger partial charge is 0.325 e.